The van der Waals surface area contributed by atoms with Crippen molar-refractivity contribution in [2.24, 2.45) is 0 Å². The standard InChI is InChI=1S/C26H26ClF2N3O4S2/c1-4-31(5-2)38(33,34)19-11-12-21-20(15-19)30-26(32(21)22-8-6-7-9-24(22)35-3)37-16-17-14-18(27)10-13-23(17)36-25(28)29/h6-15,25H,4-5,16H2,1-3H3. The van der Waals surface area contributed by atoms with Crippen molar-refractivity contribution in [2.75, 3.05) is 20.2 Å². The van der Waals surface area contributed by atoms with E-state index in [1.54, 1.807) is 51.3 Å². The molecule has 0 bridgehead atoms. The minimum atomic E-state index is -3.70. The predicted molar refractivity (Wildman–Crippen MR) is 145 cm³/mol. The van der Waals surface area contributed by atoms with Crippen LogP contribution in [0.3, 0.4) is 0 Å². The second-order valence-corrected chi connectivity index (χ2v) is 11.4. The van der Waals surface area contributed by atoms with Crippen LogP contribution >= 0.6 is 23.4 Å². The minimum Gasteiger partial charge on any atom is -0.495 e. The molecule has 0 aliphatic rings. The van der Waals surface area contributed by atoms with Crippen LogP contribution in [0.15, 0.2) is 70.7 Å². The molecule has 1 aromatic heterocycles. The molecule has 12 heteroatoms. The zero-order valence-corrected chi connectivity index (χ0v) is 23.3. The van der Waals surface area contributed by atoms with E-state index in [1.165, 1.54) is 28.2 Å². The Morgan fingerprint density at radius 3 is 2.47 bits per heavy atom. The molecule has 0 atom stereocenters. The number of alkyl halides is 2. The molecular weight excluding hydrogens is 556 g/mol. The summed E-state index contributed by atoms with van der Waals surface area (Å²) in [6.07, 6.45) is 0. The smallest absolute Gasteiger partial charge is 0.387 e. The third kappa shape index (κ3) is 5.75. The Morgan fingerprint density at radius 2 is 1.79 bits per heavy atom. The second-order valence-electron chi connectivity index (χ2n) is 8.06. The van der Waals surface area contributed by atoms with Gasteiger partial charge in [-0.2, -0.15) is 13.1 Å². The van der Waals surface area contributed by atoms with Gasteiger partial charge in [0, 0.05) is 29.4 Å². The number of ether oxygens (including phenoxy) is 2. The number of para-hydroxylation sites is 2. The highest BCUT2D eigenvalue weighted by Gasteiger charge is 2.24. The molecule has 0 N–H and O–H groups in total. The summed E-state index contributed by atoms with van der Waals surface area (Å²) in [6.45, 7) is 1.27. The van der Waals surface area contributed by atoms with Crippen molar-refractivity contribution in [1.29, 1.82) is 0 Å². The van der Waals surface area contributed by atoms with Crippen LogP contribution in [0.5, 0.6) is 11.5 Å². The number of fused-ring (bicyclic) bond motifs is 1. The van der Waals surface area contributed by atoms with Gasteiger partial charge >= 0.3 is 6.61 Å². The molecule has 4 aromatic rings. The first-order valence-electron chi connectivity index (χ1n) is 11.7. The molecule has 38 heavy (non-hydrogen) atoms. The Morgan fingerprint density at radius 1 is 1.05 bits per heavy atom. The van der Waals surface area contributed by atoms with Crippen LogP contribution in [-0.2, 0) is 15.8 Å². The van der Waals surface area contributed by atoms with E-state index in [4.69, 9.17) is 21.3 Å². The fraction of sp³-hybridized carbons (Fsp3) is 0.269. The van der Waals surface area contributed by atoms with E-state index in [1.807, 2.05) is 22.8 Å². The largest absolute Gasteiger partial charge is 0.495 e. The molecule has 3 aromatic carbocycles. The molecule has 0 spiro atoms. The van der Waals surface area contributed by atoms with E-state index in [2.05, 4.69) is 4.74 Å². The quantitative estimate of drug-likeness (QED) is 0.186. The lowest BCUT2D eigenvalue weighted by Gasteiger charge is -2.18. The molecule has 7 nitrogen and oxygen atoms in total. The van der Waals surface area contributed by atoms with Crippen LogP contribution in [0, 0.1) is 0 Å². The second kappa shape index (κ2) is 11.9. The van der Waals surface area contributed by atoms with Gasteiger partial charge < -0.3 is 9.47 Å². The highest BCUT2D eigenvalue weighted by molar-refractivity contribution is 7.98. The van der Waals surface area contributed by atoms with Gasteiger partial charge in [0.05, 0.1) is 28.7 Å². The van der Waals surface area contributed by atoms with Crippen molar-refractivity contribution in [2.45, 2.75) is 36.3 Å². The summed E-state index contributed by atoms with van der Waals surface area (Å²) >= 11 is 7.40. The van der Waals surface area contributed by atoms with Crippen LogP contribution in [0.25, 0.3) is 16.7 Å². The number of rotatable bonds is 11. The van der Waals surface area contributed by atoms with Crippen molar-refractivity contribution < 1.29 is 26.7 Å². The number of aromatic nitrogens is 2. The number of nitrogens with zero attached hydrogens (tertiary/aromatic N) is 3. The Balaban J connectivity index is 1.83. The number of imidazole rings is 1. The number of hydrogen-bond acceptors (Lipinski definition) is 6. The maximum Gasteiger partial charge on any atom is 0.387 e. The number of sulfonamides is 1. The fourth-order valence-electron chi connectivity index (χ4n) is 4.07. The van der Waals surface area contributed by atoms with Gasteiger partial charge in [0.25, 0.3) is 0 Å². The number of hydrogen-bond donors (Lipinski definition) is 0. The lowest BCUT2D eigenvalue weighted by Crippen LogP contribution is -2.30. The van der Waals surface area contributed by atoms with E-state index in [0.29, 0.717) is 51.3 Å². The van der Waals surface area contributed by atoms with Crippen LogP contribution in [0.4, 0.5) is 8.78 Å². The molecule has 0 aliphatic heterocycles. The van der Waals surface area contributed by atoms with Crippen LogP contribution in [0.2, 0.25) is 5.02 Å². The van der Waals surface area contributed by atoms with Gasteiger partial charge in [0.15, 0.2) is 5.16 Å². The summed E-state index contributed by atoms with van der Waals surface area (Å²) in [7, 11) is -2.15. The Kier molecular flexibility index (Phi) is 8.81. The van der Waals surface area contributed by atoms with E-state index < -0.39 is 16.6 Å². The van der Waals surface area contributed by atoms with Gasteiger partial charge in [-0.25, -0.2) is 13.4 Å². The minimum absolute atomic E-state index is 0.0180. The van der Waals surface area contributed by atoms with Crippen molar-refractivity contribution >= 4 is 44.4 Å². The van der Waals surface area contributed by atoms with Gasteiger partial charge in [-0.1, -0.05) is 49.3 Å². The molecule has 0 radical (unpaired) electrons. The topological polar surface area (TPSA) is 73.7 Å². The fourth-order valence-corrected chi connectivity index (χ4v) is 6.74. The van der Waals surface area contributed by atoms with Crippen LogP contribution in [-0.4, -0.2) is 49.1 Å². The summed E-state index contributed by atoms with van der Waals surface area (Å²) < 4.78 is 65.7. The molecule has 0 fully saturated rings. The number of thioether (sulfide) groups is 1. The maximum atomic E-state index is 13.1. The zero-order chi connectivity index (χ0) is 27.4. The van der Waals surface area contributed by atoms with Crippen LogP contribution in [0.1, 0.15) is 19.4 Å². The molecule has 0 unspecified atom stereocenters. The average molecular weight is 582 g/mol. The predicted octanol–water partition coefficient (Wildman–Crippen LogP) is 6.61. The summed E-state index contributed by atoms with van der Waals surface area (Å²) in [6, 6.07) is 16.6. The molecular formula is C26H26ClF2N3O4S2. The van der Waals surface area contributed by atoms with Gasteiger partial charge in [0.2, 0.25) is 10.0 Å². The van der Waals surface area contributed by atoms with E-state index in [0.717, 1.165) is 0 Å². The van der Waals surface area contributed by atoms with Crippen molar-refractivity contribution in [3.63, 3.8) is 0 Å². The Bertz CT molecular complexity index is 1540. The van der Waals surface area contributed by atoms with Crippen LogP contribution < -0.4 is 9.47 Å². The SMILES string of the molecule is CCN(CC)S(=O)(=O)c1ccc2c(c1)nc(SCc1cc(Cl)ccc1OC(F)F)n2-c1ccccc1OC. The third-order valence-corrected chi connectivity index (χ3v) is 9.13. The van der Waals surface area contributed by atoms with Gasteiger partial charge in [-0.15, -0.1) is 0 Å². The molecule has 0 saturated carbocycles. The number of benzene rings is 3. The molecule has 0 amide bonds. The average Bonchev–Trinajstić information content (AvgIpc) is 3.26. The van der Waals surface area contributed by atoms with Gasteiger partial charge in [-0.3, -0.25) is 4.57 Å². The van der Waals surface area contributed by atoms with Crippen molar-refractivity contribution in [3.8, 4) is 17.2 Å². The Labute approximate surface area is 229 Å². The van der Waals surface area contributed by atoms with E-state index in [9.17, 15) is 17.2 Å². The zero-order valence-electron chi connectivity index (χ0n) is 20.9. The van der Waals surface area contributed by atoms with Crippen molar-refractivity contribution in [1.82, 2.24) is 13.9 Å². The maximum absolute atomic E-state index is 13.1. The van der Waals surface area contributed by atoms with E-state index in [-0.39, 0.29) is 16.4 Å². The Hall–Kier alpha value is -2.86. The summed E-state index contributed by atoms with van der Waals surface area (Å²) in [5.74, 6) is 0.813. The van der Waals surface area contributed by atoms with Gasteiger partial charge in [0.1, 0.15) is 11.5 Å². The molecule has 4 rings (SSSR count). The van der Waals surface area contributed by atoms with Crippen molar-refractivity contribution in [3.05, 3.63) is 71.2 Å². The molecule has 202 valence electrons. The lowest BCUT2D eigenvalue weighted by atomic mass is 10.2. The highest BCUT2D eigenvalue weighted by atomic mass is 35.5. The molecule has 1 heterocycles. The first-order chi connectivity index (χ1) is 18.2. The lowest BCUT2D eigenvalue weighted by molar-refractivity contribution is -0.0503. The summed E-state index contributed by atoms with van der Waals surface area (Å²) in [5, 5.41) is 0.886. The first-order valence-corrected chi connectivity index (χ1v) is 14.5. The summed E-state index contributed by atoms with van der Waals surface area (Å²) in [4.78, 5) is 4.88. The summed E-state index contributed by atoms with van der Waals surface area (Å²) in [5.41, 5.74) is 2.27. The monoisotopic (exact) mass is 581 g/mol. The van der Waals surface area contributed by atoms with Gasteiger partial charge in [-0.05, 0) is 48.5 Å². The number of halogens is 3. The van der Waals surface area contributed by atoms with E-state index >= 15 is 0 Å². The highest BCUT2D eigenvalue weighted by Crippen LogP contribution is 2.36. The first kappa shape index (κ1) is 28.2. The normalized spacial score (nSPS) is 12.0. The third-order valence-electron chi connectivity index (χ3n) is 5.86. The number of methoxy groups -OCH3 is 1. The molecule has 0 saturated heterocycles. The molecule has 0 aliphatic carbocycles.